The van der Waals surface area contributed by atoms with Gasteiger partial charge in [-0.15, -0.1) is 0 Å². The summed E-state index contributed by atoms with van der Waals surface area (Å²) in [6.45, 7) is 9.34. The van der Waals surface area contributed by atoms with E-state index in [9.17, 15) is 18.0 Å². The molecule has 38 heavy (non-hydrogen) atoms. The Morgan fingerprint density at radius 1 is 1.13 bits per heavy atom. The van der Waals surface area contributed by atoms with Crippen LogP contribution in [-0.4, -0.2) is 37.1 Å². The number of carbonyl (C=O) groups excluding carboxylic acids is 2. The Labute approximate surface area is 225 Å². The fraction of sp³-hybridized carbons (Fsp3) is 0.448. The fourth-order valence-electron chi connectivity index (χ4n) is 4.98. The Morgan fingerprint density at radius 2 is 1.87 bits per heavy atom. The van der Waals surface area contributed by atoms with Gasteiger partial charge in [0, 0.05) is 18.4 Å². The van der Waals surface area contributed by atoms with Gasteiger partial charge in [0.1, 0.15) is 6.04 Å². The van der Waals surface area contributed by atoms with E-state index in [1.54, 1.807) is 12.1 Å². The molecule has 0 spiro atoms. The van der Waals surface area contributed by atoms with Crippen LogP contribution in [0.5, 0.6) is 0 Å². The second-order valence-corrected chi connectivity index (χ2v) is 12.5. The number of aryl methyl sites for hydroxylation is 2. The van der Waals surface area contributed by atoms with Crippen molar-refractivity contribution in [2.24, 2.45) is 5.92 Å². The number of benzene rings is 2. The van der Waals surface area contributed by atoms with Crippen molar-refractivity contribution >= 4 is 21.8 Å². The normalized spacial score (nSPS) is 20.1. The third kappa shape index (κ3) is 6.27. The number of nitrogens with zero attached hydrogens (tertiary/aromatic N) is 1. The van der Waals surface area contributed by atoms with Crippen molar-refractivity contribution in [2.75, 3.05) is 6.54 Å². The summed E-state index contributed by atoms with van der Waals surface area (Å²) in [6, 6.07) is 11.7. The molecule has 0 fully saturated rings. The lowest BCUT2D eigenvalue weighted by atomic mass is 9.85. The van der Waals surface area contributed by atoms with E-state index in [0.29, 0.717) is 5.92 Å². The summed E-state index contributed by atoms with van der Waals surface area (Å²) in [6.07, 6.45) is 5.00. The van der Waals surface area contributed by atoms with Gasteiger partial charge in [-0.3, -0.25) is 13.9 Å². The quantitative estimate of drug-likeness (QED) is 0.450. The van der Waals surface area contributed by atoms with Crippen LogP contribution in [0, 0.1) is 12.8 Å². The molecule has 0 saturated carbocycles. The van der Waals surface area contributed by atoms with Gasteiger partial charge in [-0.05, 0) is 74.4 Å². The van der Waals surface area contributed by atoms with Crippen LogP contribution in [0.2, 0.25) is 0 Å². The van der Waals surface area contributed by atoms with Crippen LogP contribution in [0.15, 0.2) is 59.8 Å². The lowest BCUT2D eigenvalue weighted by molar-refractivity contribution is -0.129. The van der Waals surface area contributed by atoms with E-state index in [-0.39, 0.29) is 29.3 Å². The molecule has 2 aliphatic rings. The summed E-state index contributed by atoms with van der Waals surface area (Å²) < 4.78 is 27.6. The Kier molecular flexibility index (Phi) is 8.57. The SMILES string of the molecule is Cc1ccc(S(=O)(=O)N2C=CNC(=O)[C@H]2CC(=O)N[C@@H]2CCCc3cc(C(C)NCC(C)C)ccc32)cc1. The van der Waals surface area contributed by atoms with Crippen molar-refractivity contribution in [2.45, 2.75) is 76.4 Å². The van der Waals surface area contributed by atoms with Gasteiger partial charge in [0.15, 0.2) is 0 Å². The highest BCUT2D eigenvalue weighted by molar-refractivity contribution is 7.89. The summed E-state index contributed by atoms with van der Waals surface area (Å²) in [5.41, 5.74) is 4.45. The van der Waals surface area contributed by atoms with Gasteiger partial charge in [0.25, 0.3) is 10.0 Å². The summed E-state index contributed by atoms with van der Waals surface area (Å²) >= 11 is 0. The molecule has 2 aromatic rings. The molecule has 3 atom stereocenters. The summed E-state index contributed by atoms with van der Waals surface area (Å²) in [5.74, 6) is -0.326. The number of amides is 2. The number of hydrogen-bond donors (Lipinski definition) is 3. The standard InChI is InChI=1S/C29H38N4O4S/c1-19(2)18-31-21(4)22-10-13-25-23(16-22)6-5-7-26(25)32-28(34)17-27-29(35)30-14-15-33(27)38(36,37)24-11-8-20(3)9-12-24/h8-16,19,21,26-27,31H,5-7,17-18H2,1-4H3,(H,30,35)(H,32,34)/t21?,26-,27-/m1/s1. The lowest BCUT2D eigenvalue weighted by Crippen LogP contribution is -2.51. The van der Waals surface area contributed by atoms with Gasteiger partial charge in [-0.25, -0.2) is 8.42 Å². The highest BCUT2D eigenvalue weighted by atomic mass is 32.2. The van der Waals surface area contributed by atoms with Crippen molar-refractivity contribution < 1.29 is 18.0 Å². The molecule has 1 aliphatic heterocycles. The van der Waals surface area contributed by atoms with Crippen molar-refractivity contribution in [3.8, 4) is 0 Å². The van der Waals surface area contributed by atoms with E-state index in [1.165, 1.54) is 35.7 Å². The Morgan fingerprint density at radius 3 is 2.58 bits per heavy atom. The predicted octanol–water partition coefficient (Wildman–Crippen LogP) is 3.85. The minimum atomic E-state index is -4.01. The van der Waals surface area contributed by atoms with Crippen LogP contribution in [0.25, 0.3) is 0 Å². The lowest BCUT2D eigenvalue weighted by Gasteiger charge is -2.32. The van der Waals surface area contributed by atoms with E-state index in [0.717, 1.165) is 41.2 Å². The van der Waals surface area contributed by atoms with Gasteiger partial charge in [0.05, 0.1) is 17.4 Å². The zero-order chi connectivity index (χ0) is 27.4. The minimum Gasteiger partial charge on any atom is -0.349 e. The molecular weight excluding hydrogens is 500 g/mol. The molecule has 0 radical (unpaired) electrons. The number of nitrogens with one attached hydrogen (secondary N) is 3. The van der Waals surface area contributed by atoms with Crippen LogP contribution >= 0.6 is 0 Å². The minimum absolute atomic E-state index is 0.0713. The Balaban J connectivity index is 1.47. The molecular formula is C29H38N4O4S. The van der Waals surface area contributed by atoms with Crippen molar-refractivity contribution in [3.63, 3.8) is 0 Å². The molecule has 3 N–H and O–H groups in total. The first-order valence-corrected chi connectivity index (χ1v) is 14.7. The molecule has 1 heterocycles. The summed E-state index contributed by atoms with van der Waals surface area (Å²) in [7, 11) is -4.01. The van der Waals surface area contributed by atoms with Gasteiger partial charge in [-0.1, -0.05) is 49.7 Å². The maximum absolute atomic E-state index is 13.3. The Hall–Kier alpha value is -3.17. The van der Waals surface area contributed by atoms with Crippen LogP contribution in [0.4, 0.5) is 0 Å². The average molecular weight is 539 g/mol. The molecule has 2 amide bonds. The molecule has 0 saturated heterocycles. The molecule has 4 rings (SSSR count). The fourth-order valence-corrected chi connectivity index (χ4v) is 6.43. The zero-order valence-corrected chi connectivity index (χ0v) is 23.3. The monoisotopic (exact) mass is 538 g/mol. The molecule has 1 unspecified atom stereocenters. The molecule has 9 heteroatoms. The van der Waals surface area contributed by atoms with Crippen LogP contribution in [0.1, 0.15) is 74.4 Å². The van der Waals surface area contributed by atoms with E-state index in [1.807, 2.05) is 6.92 Å². The first-order valence-electron chi connectivity index (χ1n) is 13.3. The summed E-state index contributed by atoms with van der Waals surface area (Å²) in [5, 5.41) is 9.17. The molecule has 0 bridgehead atoms. The molecule has 204 valence electrons. The largest absolute Gasteiger partial charge is 0.349 e. The predicted molar refractivity (Wildman–Crippen MR) is 147 cm³/mol. The molecule has 1 aliphatic carbocycles. The topological polar surface area (TPSA) is 108 Å². The van der Waals surface area contributed by atoms with E-state index in [4.69, 9.17) is 0 Å². The third-order valence-electron chi connectivity index (χ3n) is 7.18. The van der Waals surface area contributed by atoms with E-state index >= 15 is 0 Å². The number of sulfonamides is 1. The second-order valence-electron chi connectivity index (χ2n) is 10.7. The first-order chi connectivity index (χ1) is 18.1. The molecule has 8 nitrogen and oxygen atoms in total. The highest BCUT2D eigenvalue weighted by Crippen LogP contribution is 2.32. The van der Waals surface area contributed by atoms with Crippen molar-refractivity contribution in [1.29, 1.82) is 0 Å². The highest BCUT2D eigenvalue weighted by Gasteiger charge is 2.37. The van der Waals surface area contributed by atoms with Gasteiger partial charge in [-0.2, -0.15) is 0 Å². The maximum atomic E-state index is 13.3. The average Bonchev–Trinajstić information content (AvgIpc) is 2.88. The number of carbonyl (C=O) groups is 2. The van der Waals surface area contributed by atoms with Crippen molar-refractivity contribution in [3.05, 3.63) is 77.1 Å². The molecule has 0 aromatic heterocycles. The zero-order valence-electron chi connectivity index (χ0n) is 22.5. The van der Waals surface area contributed by atoms with Crippen LogP contribution in [-0.2, 0) is 26.0 Å². The van der Waals surface area contributed by atoms with Gasteiger partial charge < -0.3 is 16.0 Å². The van der Waals surface area contributed by atoms with E-state index < -0.39 is 22.0 Å². The smallest absolute Gasteiger partial charge is 0.264 e. The molecule has 2 aromatic carbocycles. The van der Waals surface area contributed by atoms with Gasteiger partial charge >= 0.3 is 0 Å². The van der Waals surface area contributed by atoms with Gasteiger partial charge in [0.2, 0.25) is 11.8 Å². The number of hydrogen-bond acceptors (Lipinski definition) is 5. The maximum Gasteiger partial charge on any atom is 0.264 e. The van der Waals surface area contributed by atoms with Crippen LogP contribution in [0.3, 0.4) is 0 Å². The van der Waals surface area contributed by atoms with Crippen LogP contribution < -0.4 is 16.0 Å². The number of rotatable bonds is 9. The number of fused-ring (bicyclic) bond motifs is 1. The Bertz CT molecular complexity index is 1300. The third-order valence-corrected chi connectivity index (χ3v) is 8.98. The van der Waals surface area contributed by atoms with Crippen molar-refractivity contribution in [1.82, 2.24) is 20.3 Å². The summed E-state index contributed by atoms with van der Waals surface area (Å²) in [4.78, 5) is 25.9. The van der Waals surface area contributed by atoms with E-state index in [2.05, 4.69) is 54.9 Å². The first kappa shape index (κ1) is 27.9. The second kappa shape index (κ2) is 11.7.